The summed E-state index contributed by atoms with van der Waals surface area (Å²) in [6, 6.07) is 20.8. The fourth-order valence-electron chi connectivity index (χ4n) is 3.60. The average molecular weight is 464 g/mol. The molecule has 2 aromatic carbocycles. The van der Waals surface area contributed by atoms with E-state index < -0.39 is 0 Å². The molecule has 0 atom stereocenters. The van der Waals surface area contributed by atoms with Gasteiger partial charge in [-0.15, -0.1) is 23.5 Å². The molecule has 0 unspecified atom stereocenters. The predicted octanol–water partition coefficient (Wildman–Crippen LogP) is 6.22. The third kappa shape index (κ3) is 5.67. The molecule has 166 valence electrons. The second-order valence-electron chi connectivity index (χ2n) is 8.22. The van der Waals surface area contributed by atoms with Gasteiger partial charge in [0, 0.05) is 40.5 Å². The van der Waals surface area contributed by atoms with Gasteiger partial charge >= 0.3 is 0 Å². The van der Waals surface area contributed by atoms with E-state index in [0.717, 1.165) is 35.7 Å². The molecule has 32 heavy (non-hydrogen) atoms. The number of amides is 1. The van der Waals surface area contributed by atoms with E-state index in [4.69, 9.17) is 0 Å². The highest BCUT2D eigenvalue weighted by Crippen LogP contribution is 2.59. The highest BCUT2D eigenvalue weighted by atomic mass is 32.2. The molecule has 0 spiro atoms. The van der Waals surface area contributed by atoms with Crippen LogP contribution >= 0.6 is 23.5 Å². The number of hydrogen-bond donors (Lipinski definition) is 1. The number of aromatic nitrogens is 1. The van der Waals surface area contributed by atoms with Gasteiger partial charge in [0.15, 0.2) is 0 Å². The van der Waals surface area contributed by atoms with Crippen molar-refractivity contribution in [1.29, 1.82) is 0 Å². The Morgan fingerprint density at radius 1 is 1.00 bits per heavy atom. The molecule has 3 aromatic rings. The fraction of sp³-hybridized carbons (Fsp3) is 0.308. The Hall–Kier alpha value is -2.44. The summed E-state index contributed by atoms with van der Waals surface area (Å²) in [5.41, 5.74) is 3.18. The molecular formula is C26H29N3OS2. The van der Waals surface area contributed by atoms with Gasteiger partial charge in [0.25, 0.3) is 0 Å². The summed E-state index contributed by atoms with van der Waals surface area (Å²) in [5.74, 6) is 2.03. The maximum Gasteiger partial charge on any atom is 0.228 e. The van der Waals surface area contributed by atoms with Crippen LogP contribution in [0.2, 0.25) is 0 Å². The lowest BCUT2D eigenvalue weighted by Gasteiger charge is -2.17. The molecule has 1 saturated carbocycles. The van der Waals surface area contributed by atoms with Crippen molar-refractivity contribution in [3.8, 4) is 0 Å². The predicted molar refractivity (Wildman–Crippen MR) is 137 cm³/mol. The first-order valence-electron chi connectivity index (χ1n) is 10.9. The number of rotatable bonds is 9. The van der Waals surface area contributed by atoms with Crippen molar-refractivity contribution in [2.75, 3.05) is 30.1 Å². The topological polar surface area (TPSA) is 45.2 Å². The summed E-state index contributed by atoms with van der Waals surface area (Å²) in [5, 5.41) is 3.03. The molecule has 1 fully saturated rings. The lowest BCUT2D eigenvalue weighted by atomic mass is 10.1. The third-order valence-corrected chi connectivity index (χ3v) is 7.90. The van der Waals surface area contributed by atoms with Crippen LogP contribution < -0.4 is 10.2 Å². The first-order valence-corrected chi connectivity index (χ1v) is 12.7. The van der Waals surface area contributed by atoms with Crippen molar-refractivity contribution < 1.29 is 4.79 Å². The van der Waals surface area contributed by atoms with E-state index in [2.05, 4.69) is 53.6 Å². The number of nitrogens with one attached hydrogen (secondary N) is 1. The van der Waals surface area contributed by atoms with Crippen molar-refractivity contribution in [3.63, 3.8) is 0 Å². The standard InChI is InChI=1S/C26H29N3OS2/c1-4-31-22-11-5-19(6-12-22)17-25(30)28-21-9-7-20(8-10-21)26(15-16-26)32-23-13-14-24(27-18-23)29(2)3/h5-14,18H,4,15-17H2,1-3H3,(H,28,30). The number of anilines is 2. The normalized spacial score (nSPS) is 14.1. The molecule has 4 rings (SSSR count). The van der Waals surface area contributed by atoms with E-state index >= 15 is 0 Å². The summed E-state index contributed by atoms with van der Waals surface area (Å²) in [7, 11) is 4.00. The number of nitrogens with zero attached hydrogens (tertiary/aromatic N) is 2. The maximum absolute atomic E-state index is 12.5. The molecule has 1 N–H and O–H groups in total. The molecule has 0 saturated heterocycles. The van der Waals surface area contributed by atoms with Gasteiger partial charge in [-0.2, -0.15) is 0 Å². The van der Waals surface area contributed by atoms with Crippen LogP contribution in [0.3, 0.4) is 0 Å². The van der Waals surface area contributed by atoms with Crippen LogP contribution in [0.1, 0.15) is 30.9 Å². The van der Waals surface area contributed by atoms with Crippen LogP contribution in [-0.4, -0.2) is 30.7 Å². The van der Waals surface area contributed by atoms with Crippen molar-refractivity contribution in [1.82, 2.24) is 4.98 Å². The van der Waals surface area contributed by atoms with E-state index in [0.29, 0.717) is 6.42 Å². The zero-order valence-electron chi connectivity index (χ0n) is 18.8. The summed E-state index contributed by atoms with van der Waals surface area (Å²) in [4.78, 5) is 21.4. The Morgan fingerprint density at radius 3 is 2.25 bits per heavy atom. The monoisotopic (exact) mass is 463 g/mol. The Labute approximate surface area is 199 Å². The molecule has 1 heterocycles. The Bertz CT molecular complexity index is 1040. The van der Waals surface area contributed by atoms with Crippen LogP contribution in [-0.2, 0) is 16.0 Å². The largest absolute Gasteiger partial charge is 0.363 e. The minimum Gasteiger partial charge on any atom is -0.363 e. The van der Waals surface area contributed by atoms with E-state index in [1.165, 1.54) is 15.4 Å². The second kappa shape index (κ2) is 10.0. The SMILES string of the molecule is CCSc1ccc(CC(=O)Nc2ccc(C3(Sc4ccc(N(C)C)nc4)CC3)cc2)cc1. The van der Waals surface area contributed by atoms with Gasteiger partial charge in [-0.1, -0.05) is 31.2 Å². The van der Waals surface area contributed by atoms with E-state index in [1.807, 2.05) is 73.0 Å². The third-order valence-electron chi connectivity index (χ3n) is 5.49. The Morgan fingerprint density at radius 2 is 1.69 bits per heavy atom. The van der Waals surface area contributed by atoms with Crippen LogP contribution in [0.5, 0.6) is 0 Å². The number of benzene rings is 2. The van der Waals surface area contributed by atoms with Gasteiger partial charge in [0.05, 0.1) is 6.42 Å². The minimum absolute atomic E-state index is 0.0104. The number of pyridine rings is 1. The molecule has 1 amide bonds. The summed E-state index contributed by atoms with van der Waals surface area (Å²) in [6.07, 6.45) is 4.66. The van der Waals surface area contributed by atoms with Crippen molar-refractivity contribution in [2.24, 2.45) is 0 Å². The first-order chi connectivity index (χ1) is 15.5. The highest BCUT2D eigenvalue weighted by Gasteiger charge is 2.45. The van der Waals surface area contributed by atoms with Gasteiger partial charge in [-0.25, -0.2) is 4.98 Å². The Balaban J connectivity index is 1.34. The smallest absolute Gasteiger partial charge is 0.228 e. The van der Waals surface area contributed by atoms with E-state index in [-0.39, 0.29) is 10.7 Å². The molecule has 1 aliphatic rings. The number of hydrogen-bond acceptors (Lipinski definition) is 5. The first kappa shape index (κ1) is 22.7. The number of carbonyl (C=O) groups excluding carboxylic acids is 1. The quantitative estimate of drug-likeness (QED) is 0.382. The van der Waals surface area contributed by atoms with E-state index in [1.54, 1.807) is 0 Å². The molecule has 0 radical (unpaired) electrons. The number of thioether (sulfide) groups is 2. The van der Waals surface area contributed by atoms with Gasteiger partial charge in [0.2, 0.25) is 5.91 Å². The lowest BCUT2D eigenvalue weighted by molar-refractivity contribution is -0.115. The van der Waals surface area contributed by atoms with Crippen LogP contribution in [0.4, 0.5) is 11.5 Å². The molecule has 1 aromatic heterocycles. The molecule has 0 bridgehead atoms. The molecular weight excluding hydrogens is 434 g/mol. The number of carbonyl (C=O) groups is 1. The molecule has 0 aliphatic heterocycles. The van der Waals surface area contributed by atoms with Crippen molar-refractivity contribution in [2.45, 2.75) is 40.7 Å². The lowest BCUT2D eigenvalue weighted by Crippen LogP contribution is -2.14. The van der Waals surface area contributed by atoms with Gasteiger partial charge < -0.3 is 10.2 Å². The van der Waals surface area contributed by atoms with Crippen molar-refractivity contribution >= 4 is 40.9 Å². The maximum atomic E-state index is 12.5. The molecule has 1 aliphatic carbocycles. The summed E-state index contributed by atoms with van der Waals surface area (Å²) >= 11 is 3.69. The zero-order valence-corrected chi connectivity index (χ0v) is 20.4. The zero-order chi connectivity index (χ0) is 22.6. The summed E-state index contributed by atoms with van der Waals surface area (Å²) in [6.45, 7) is 2.14. The molecule has 6 heteroatoms. The fourth-order valence-corrected chi connectivity index (χ4v) is 5.52. The van der Waals surface area contributed by atoms with Gasteiger partial charge in [-0.05, 0) is 66.1 Å². The summed E-state index contributed by atoms with van der Waals surface area (Å²) < 4.78 is 0.127. The minimum atomic E-state index is 0.0104. The van der Waals surface area contributed by atoms with Gasteiger partial charge in [-0.3, -0.25) is 4.79 Å². The van der Waals surface area contributed by atoms with Gasteiger partial charge in [0.1, 0.15) is 5.82 Å². The highest BCUT2D eigenvalue weighted by molar-refractivity contribution is 8.00. The average Bonchev–Trinajstić information content (AvgIpc) is 3.56. The molecule has 4 nitrogen and oxygen atoms in total. The second-order valence-corrected chi connectivity index (χ2v) is 11.0. The van der Waals surface area contributed by atoms with Crippen LogP contribution in [0, 0.1) is 0 Å². The van der Waals surface area contributed by atoms with Crippen LogP contribution in [0.25, 0.3) is 0 Å². The van der Waals surface area contributed by atoms with Crippen molar-refractivity contribution in [3.05, 3.63) is 78.0 Å². The van der Waals surface area contributed by atoms with Crippen LogP contribution in [0.15, 0.2) is 76.7 Å². The Kier molecular flexibility index (Phi) is 7.11. The van der Waals surface area contributed by atoms with E-state index in [9.17, 15) is 4.79 Å².